The average Bonchev–Trinajstić information content (AvgIpc) is 2.94. The van der Waals surface area contributed by atoms with Crippen LogP contribution in [0.2, 0.25) is 0 Å². The highest BCUT2D eigenvalue weighted by Gasteiger charge is 2.22. The topological polar surface area (TPSA) is 38.7 Å². The lowest BCUT2D eigenvalue weighted by molar-refractivity contribution is -0.107. The number of methoxy groups -OCH3 is 1. The predicted molar refractivity (Wildman–Crippen MR) is 106 cm³/mol. The van der Waals surface area contributed by atoms with Gasteiger partial charge in [-0.2, -0.15) is 0 Å². The molecule has 0 aromatic heterocycles. The number of carbonyl (C=O) groups excluding carboxylic acids is 1. The van der Waals surface area contributed by atoms with Crippen molar-refractivity contribution in [2.75, 3.05) is 7.11 Å². The monoisotopic (exact) mass is 419 g/mol. The second-order valence-corrected chi connectivity index (χ2v) is 8.00. The summed E-state index contributed by atoms with van der Waals surface area (Å²) in [4.78, 5) is 16.6. The molecule has 24 heavy (non-hydrogen) atoms. The number of aliphatic imine (C=N–C) groups is 1. The van der Waals surface area contributed by atoms with Gasteiger partial charge in [0.25, 0.3) is 0 Å². The first kappa shape index (κ1) is 17.3. The maximum atomic E-state index is 12.1. The number of hydrogen-bond acceptors (Lipinski definition) is 5. The lowest BCUT2D eigenvalue weighted by atomic mass is 10.2. The van der Waals surface area contributed by atoms with Gasteiger partial charge in [-0.05, 0) is 57.0 Å². The molecule has 0 amide bonds. The average molecular weight is 420 g/mol. The summed E-state index contributed by atoms with van der Waals surface area (Å²) in [6.07, 6.45) is 1.80. The van der Waals surface area contributed by atoms with E-state index in [-0.39, 0.29) is 5.12 Å². The zero-order chi connectivity index (χ0) is 16.9. The van der Waals surface area contributed by atoms with E-state index in [1.807, 2.05) is 36.4 Å². The summed E-state index contributed by atoms with van der Waals surface area (Å²) in [5, 5.41) is -0.0162. The molecular weight excluding hydrogens is 406 g/mol. The number of hydrogen-bond donors (Lipinski definition) is 0. The Labute approximate surface area is 157 Å². The van der Waals surface area contributed by atoms with Crippen molar-refractivity contribution in [3.63, 3.8) is 0 Å². The Morgan fingerprint density at radius 3 is 2.75 bits per heavy atom. The quantitative estimate of drug-likeness (QED) is 0.624. The fourth-order valence-corrected chi connectivity index (χ4v) is 4.46. The standard InChI is InChI=1S/C18H14BrNO2S2/c1-22-16-8-7-13(9-14(16)19)10-15-17(21)24-18(20-15)23-11-12-5-3-2-4-6-12/h2-10H,11H2,1H3/b15-10+. The van der Waals surface area contributed by atoms with Crippen LogP contribution in [0.5, 0.6) is 5.75 Å². The van der Waals surface area contributed by atoms with Crippen LogP contribution >= 0.6 is 39.5 Å². The molecule has 0 saturated carbocycles. The van der Waals surface area contributed by atoms with Gasteiger partial charge >= 0.3 is 0 Å². The third-order valence-electron chi connectivity index (χ3n) is 3.29. The van der Waals surface area contributed by atoms with Crippen molar-refractivity contribution >= 4 is 55.0 Å². The Hall–Kier alpha value is -1.50. The number of thioether (sulfide) groups is 2. The molecule has 0 bridgehead atoms. The molecule has 2 aromatic rings. The van der Waals surface area contributed by atoms with Gasteiger partial charge < -0.3 is 4.74 Å². The minimum atomic E-state index is -0.0162. The molecule has 1 aliphatic rings. The van der Waals surface area contributed by atoms with Crippen molar-refractivity contribution in [1.82, 2.24) is 0 Å². The fourth-order valence-electron chi connectivity index (χ4n) is 2.10. The van der Waals surface area contributed by atoms with Gasteiger partial charge in [0, 0.05) is 5.75 Å². The Morgan fingerprint density at radius 1 is 1.25 bits per heavy atom. The van der Waals surface area contributed by atoms with Gasteiger partial charge in [-0.3, -0.25) is 4.79 Å². The zero-order valence-electron chi connectivity index (χ0n) is 12.9. The Kier molecular flexibility index (Phi) is 5.81. The molecular formula is C18H14BrNO2S2. The maximum absolute atomic E-state index is 12.1. The van der Waals surface area contributed by atoms with Crippen LogP contribution < -0.4 is 4.74 Å². The highest BCUT2D eigenvalue weighted by Crippen LogP contribution is 2.33. The molecule has 0 spiro atoms. The summed E-state index contributed by atoms with van der Waals surface area (Å²) >= 11 is 6.23. The van der Waals surface area contributed by atoms with Crippen molar-refractivity contribution in [1.29, 1.82) is 0 Å². The van der Waals surface area contributed by atoms with Gasteiger partial charge in [-0.25, -0.2) is 4.99 Å². The highest BCUT2D eigenvalue weighted by atomic mass is 79.9. The van der Waals surface area contributed by atoms with E-state index in [0.717, 1.165) is 25.9 Å². The van der Waals surface area contributed by atoms with Crippen LogP contribution in [-0.2, 0) is 10.5 Å². The minimum Gasteiger partial charge on any atom is -0.496 e. The van der Waals surface area contributed by atoms with Gasteiger partial charge in [0.1, 0.15) is 15.8 Å². The lowest BCUT2D eigenvalue weighted by Crippen LogP contribution is -1.89. The number of rotatable bonds is 4. The summed E-state index contributed by atoms with van der Waals surface area (Å²) in [5.74, 6) is 1.56. The SMILES string of the molecule is COc1ccc(/C=C2/N=C(SCc3ccccc3)SC2=O)cc1Br. The number of benzene rings is 2. The maximum Gasteiger partial charge on any atom is 0.244 e. The number of nitrogens with zero attached hydrogens (tertiary/aromatic N) is 1. The molecule has 122 valence electrons. The van der Waals surface area contributed by atoms with Gasteiger partial charge in [0.2, 0.25) is 5.12 Å². The van der Waals surface area contributed by atoms with E-state index in [1.54, 1.807) is 24.9 Å². The lowest BCUT2D eigenvalue weighted by Gasteiger charge is -2.03. The molecule has 0 aliphatic carbocycles. The largest absolute Gasteiger partial charge is 0.496 e. The van der Waals surface area contributed by atoms with E-state index in [4.69, 9.17) is 4.74 Å². The van der Waals surface area contributed by atoms with Crippen LogP contribution in [-0.4, -0.2) is 16.6 Å². The second kappa shape index (κ2) is 8.05. The van der Waals surface area contributed by atoms with Crippen LogP contribution in [0.3, 0.4) is 0 Å². The summed E-state index contributed by atoms with van der Waals surface area (Å²) < 4.78 is 6.85. The van der Waals surface area contributed by atoms with Crippen LogP contribution in [0.25, 0.3) is 6.08 Å². The first-order chi connectivity index (χ1) is 11.7. The van der Waals surface area contributed by atoms with Crippen molar-refractivity contribution in [3.8, 4) is 5.75 Å². The summed E-state index contributed by atoms with van der Waals surface area (Å²) in [7, 11) is 1.62. The molecule has 0 fully saturated rings. The molecule has 0 saturated heterocycles. The predicted octanol–water partition coefficient (Wildman–Crippen LogP) is 5.36. The normalized spacial score (nSPS) is 15.7. The molecule has 0 atom stereocenters. The van der Waals surface area contributed by atoms with E-state index in [0.29, 0.717) is 5.70 Å². The molecule has 2 aromatic carbocycles. The van der Waals surface area contributed by atoms with Crippen LogP contribution in [0.15, 0.2) is 63.7 Å². The van der Waals surface area contributed by atoms with Gasteiger partial charge in [-0.1, -0.05) is 48.2 Å². The van der Waals surface area contributed by atoms with E-state index in [1.165, 1.54) is 17.3 Å². The molecule has 1 heterocycles. The zero-order valence-corrected chi connectivity index (χ0v) is 16.1. The fraction of sp³-hybridized carbons (Fsp3) is 0.111. The van der Waals surface area contributed by atoms with Gasteiger partial charge in [0.05, 0.1) is 11.6 Å². The Bertz CT molecular complexity index is 819. The molecule has 0 unspecified atom stereocenters. The number of ether oxygens (including phenoxy) is 1. The van der Waals surface area contributed by atoms with Crippen LogP contribution in [0.1, 0.15) is 11.1 Å². The molecule has 3 rings (SSSR count). The van der Waals surface area contributed by atoms with E-state index in [2.05, 4.69) is 33.1 Å². The third kappa shape index (κ3) is 4.32. The first-order valence-electron chi connectivity index (χ1n) is 7.18. The van der Waals surface area contributed by atoms with E-state index < -0.39 is 0 Å². The molecule has 0 radical (unpaired) electrons. The second-order valence-electron chi connectivity index (χ2n) is 4.97. The number of halogens is 1. The minimum absolute atomic E-state index is 0.0162. The van der Waals surface area contributed by atoms with Crippen LogP contribution in [0.4, 0.5) is 0 Å². The van der Waals surface area contributed by atoms with Gasteiger partial charge in [-0.15, -0.1) is 0 Å². The summed E-state index contributed by atoms with van der Waals surface area (Å²) in [6, 6.07) is 15.8. The molecule has 1 aliphatic heterocycles. The Morgan fingerprint density at radius 2 is 2.04 bits per heavy atom. The third-order valence-corrected chi connectivity index (χ3v) is 5.98. The van der Waals surface area contributed by atoms with Gasteiger partial charge in [0.15, 0.2) is 0 Å². The number of carbonyl (C=O) groups is 1. The smallest absolute Gasteiger partial charge is 0.244 e. The highest BCUT2D eigenvalue weighted by molar-refractivity contribution is 9.10. The summed E-state index contributed by atoms with van der Waals surface area (Å²) in [6.45, 7) is 0. The first-order valence-corrected chi connectivity index (χ1v) is 9.78. The van der Waals surface area contributed by atoms with Crippen molar-refractivity contribution in [2.45, 2.75) is 5.75 Å². The Balaban J connectivity index is 1.72. The van der Waals surface area contributed by atoms with Crippen molar-refractivity contribution in [3.05, 3.63) is 69.8 Å². The van der Waals surface area contributed by atoms with E-state index in [9.17, 15) is 4.79 Å². The molecule has 0 N–H and O–H groups in total. The van der Waals surface area contributed by atoms with E-state index >= 15 is 0 Å². The van der Waals surface area contributed by atoms with Crippen molar-refractivity contribution < 1.29 is 9.53 Å². The molecule has 3 nitrogen and oxygen atoms in total. The van der Waals surface area contributed by atoms with Crippen LogP contribution in [0, 0.1) is 0 Å². The van der Waals surface area contributed by atoms with Crippen molar-refractivity contribution in [2.24, 2.45) is 4.99 Å². The summed E-state index contributed by atoms with van der Waals surface area (Å²) in [5.41, 5.74) is 2.60. The molecule has 6 heteroatoms.